The van der Waals surface area contributed by atoms with E-state index >= 15 is 0 Å². The van der Waals surface area contributed by atoms with Crippen molar-refractivity contribution in [1.82, 2.24) is 0 Å². The maximum Gasteiger partial charge on any atom is 0.146 e. The van der Waals surface area contributed by atoms with Gasteiger partial charge in [0.15, 0.2) is 0 Å². The standard InChI is InChI=1S/C26H47B/c1-8-9-10-11-12-27(23-15-19-13-21(17(23)2)25(19,4)5)24-16-20-14-22(18(24)3)26(20,6)7/h17-24H,8-16H2,1-7H3/t17-,18-,19+,20+,21-,22-,23-,24-/m0/s1. The van der Waals surface area contributed by atoms with Crippen molar-refractivity contribution in [3.63, 3.8) is 0 Å². The third-order valence-electron chi connectivity index (χ3n) is 11.3. The summed E-state index contributed by atoms with van der Waals surface area (Å²) >= 11 is 0. The normalized spacial score (nSPS) is 46.3. The minimum absolute atomic E-state index is 0.644. The van der Waals surface area contributed by atoms with Crippen LogP contribution in [0, 0.1) is 46.3 Å². The Labute approximate surface area is 171 Å². The molecule has 6 aliphatic rings. The van der Waals surface area contributed by atoms with Crippen LogP contribution < -0.4 is 0 Å². The number of hydrogen-bond acceptors (Lipinski definition) is 0. The molecular formula is C26H47B. The van der Waals surface area contributed by atoms with Crippen molar-refractivity contribution in [3.8, 4) is 0 Å². The summed E-state index contributed by atoms with van der Waals surface area (Å²) in [6, 6.07) is 0. The van der Waals surface area contributed by atoms with Gasteiger partial charge in [0.25, 0.3) is 0 Å². The molecule has 6 saturated carbocycles. The number of hydrogen-bond donors (Lipinski definition) is 0. The predicted molar refractivity (Wildman–Crippen MR) is 121 cm³/mol. The van der Waals surface area contributed by atoms with Gasteiger partial charge in [-0.2, -0.15) is 0 Å². The monoisotopic (exact) mass is 370 g/mol. The second-order valence-electron chi connectivity index (χ2n) is 12.8. The van der Waals surface area contributed by atoms with Gasteiger partial charge in [-0.05, 0) is 59.2 Å². The summed E-state index contributed by atoms with van der Waals surface area (Å²) < 4.78 is 0. The van der Waals surface area contributed by atoms with E-state index in [1.165, 1.54) is 25.7 Å². The second kappa shape index (κ2) is 7.09. The quantitative estimate of drug-likeness (QED) is 0.313. The maximum atomic E-state index is 2.66. The first kappa shape index (κ1) is 20.3. The Kier molecular flexibility index (Phi) is 5.34. The van der Waals surface area contributed by atoms with Crippen LogP contribution in [0.25, 0.3) is 0 Å². The molecule has 6 fully saturated rings. The summed E-state index contributed by atoms with van der Waals surface area (Å²) in [5.41, 5.74) is 1.29. The average molecular weight is 370 g/mol. The highest BCUT2D eigenvalue weighted by Gasteiger charge is 2.61. The Morgan fingerprint density at radius 1 is 0.704 bits per heavy atom. The molecule has 4 bridgehead atoms. The van der Waals surface area contributed by atoms with E-state index in [4.69, 9.17) is 0 Å². The van der Waals surface area contributed by atoms with Gasteiger partial charge >= 0.3 is 0 Å². The minimum atomic E-state index is 0.644. The Balaban J connectivity index is 1.50. The molecular weight excluding hydrogens is 323 g/mol. The lowest BCUT2D eigenvalue weighted by atomic mass is 9.20. The molecule has 0 amide bonds. The molecule has 27 heavy (non-hydrogen) atoms. The highest BCUT2D eigenvalue weighted by Crippen LogP contribution is 2.69. The fourth-order valence-corrected chi connectivity index (χ4v) is 9.06. The highest BCUT2D eigenvalue weighted by molar-refractivity contribution is 6.62. The summed E-state index contributed by atoms with van der Waals surface area (Å²) in [4.78, 5) is 0. The van der Waals surface area contributed by atoms with Crippen LogP contribution in [0.2, 0.25) is 18.0 Å². The Bertz CT molecular complexity index is 492. The van der Waals surface area contributed by atoms with Gasteiger partial charge in [-0.1, -0.05) is 105 Å². The minimum Gasteiger partial charge on any atom is -0.0737 e. The summed E-state index contributed by atoms with van der Waals surface area (Å²) in [6.45, 7) is 19.0. The van der Waals surface area contributed by atoms with Crippen LogP contribution in [0.15, 0.2) is 0 Å². The molecule has 154 valence electrons. The van der Waals surface area contributed by atoms with E-state index in [0.717, 1.165) is 53.9 Å². The van der Waals surface area contributed by atoms with Crippen molar-refractivity contribution in [1.29, 1.82) is 0 Å². The van der Waals surface area contributed by atoms with Gasteiger partial charge in [0.1, 0.15) is 6.71 Å². The van der Waals surface area contributed by atoms with Crippen molar-refractivity contribution < 1.29 is 0 Å². The molecule has 8 atom stereocenters. The molecule has 6 rings (SSSR count). The van der Waals surface area contributed by atoms with Gasteiger partial charge in [0.05, 0.1) is 0 Å². The summed E-state index contributed by atoms with van der Waals surface area (Å²) in [5.74, 6) is 8.12. The third-order valence-corrected chi connectivity index (χ3v) is 11.3. The molecule has 0 aromatic heterocycles. The average Bonchev–Trinajstić information content (AvgIpc) is 2.62. The molecule has 6 aliphatic carbocycles. The largest absolute Gasteiger partial charge is 0.146 e. The van der Waals surface area contributed by atoms with Crippen LogP contribution in [0.3, 0.4) is 0 Å². The van der Waals surface area contributed by atoms with Gasteiger partial charge in [-0.25, -0.2) is 0 Å². The van der Waals surface area contributed by atoms with E-state index in [2.05, 4.69) is 48.5 Å². The maximum absolute atomic E-state index is 2.66. The van der Waals surface area contributed by atoms with E-state index < -0.39 is 0 Å². The summed E-state index contributed by atoms with van der Waals surface area (Å²) in [5, 5.41) is 0. The highest BCUT2D eigenvalue weighted by atomic mass is 14.6. The van der Waals surface area contributed by atoms with Gasteiger partial charge in [0.2, 0.25) is 0 Å². The van der Waals surface area contributed by atoms with Crippen LogP contribution in [0.1, 0.15) is 99.8 Å². The van der Waals surface area contributed by atoms with Gasteiger partial charge in [-0.15, -0.1) is 0 Å². The first-order valence-electron chi connectivity index (χ1n) is 12.7. The van der Waals surface area contributed by atoms with Crippen molar-refractivity contribution in [3.05, 3.63) is 0 Å². The van der Waals surface area contributed by atoms with Crippen LogP contribution >= 0.6 is 0 Å². The Hall–Kier alpha value is 0.0649. The van der Waals surface area contributed by atoms with Crippen LogP contribution in [-0.4, -0.2) is 6.71 Å². The molecule has 0 aromatic rings. The Morgan fingerprint density at radius 3 is 1.56 bits per heavy atom. The molecule has 0 nitrogen and oxygen atoms in total. The van der Waals surface area contributed by atoms with Gasteiger partial charge < -0.3 is 0 Å². The molecule has 0 saturated heterocycles. The molecule has 0 spiro atoms. The van der Waals surface area contributed by atoms with E-state index in [0.29, 0.717) is 10.8 Å². The lowest BCUT2D eigenvalue weighted by Crippen LogP contribution is -2.59. The number of fused-ring (bicyclic) bond motifs is 4. The predicted octanol–water partition coefficient (Wildman–Crippen LogP) is 8.21. The SMILES string of the molecule is CCCCCCB([C@H]1C[C@H]2C[C@@H]([C@@H]1C)C2(C)C)[C@H]1C[C@H]2C[C@@H]([C@@H]1C)C2(C)C. The van der Waals surface area contributed by atoms with Crippen LogP contribution in [-0.2, 0) is 0 Å². The lowest BCUT2D eigenvalue weighted by Gasteiger charge is -2.66. The topological polar surface area (TPSA) is 0 Å². The summed E-state index contributed by atoms with van der Waals surface area (Å²) in [7, 11) is 0. The molecule has 0 unspecified atom stereocenters. The third kappa shape index (κ3) is 3.07. The molecule has 0 radical (unpaired) electrons. The first-order valence-corrected chi connectivity index (χ1v) is 12.7. The molecule has 1 heteroatoms. The van der Waals surface area contributed by atoms with Crippen molar-refractivity contribution in [2.45, 2.75) is 118 Å². The van der Waals surface area contributed by atoms with E-state index in [1.807, 2.05) is 0 Å². The van der Waals surface area contributed by atoms with E-state index in [1.54, 1.807) is 32.0 Å². The zero-order chi connectivity index (χ0) is 19.6. The van der Waals surface area contributed by atoms with Crippen molar-refractivity contribution in [2.75, 3.05) is 0 Å². The molecule has 0 N–H and O–H groups in total. The Morgan fingerprint density at radius 2 is 1.19 bits per heavy atom. The summed E-state index contributed by atoms with van der Waals surface area (Å²) in [6.07, 6.45) is 13.6. The number of unbranched alkanes of at least 4 members (excludes halogenated alkanes) is 3. The van der Waals surface area contributed by atoms with Crippen LogP contribution in [0.4, 0.5) is 0 Å². The van der Waals surface area contributed by atoms with Crippen molar-refractivity contribution in [2.24, 2.45) is 46.3 Å². The number of rotatable bonds is 7. The zero-order valence-electron chi connectivity index (χ0n) is 19.6. The molecule has 0 heterocycles. The fraction of sp³-hybridized carbons (Fsp3) is 1.00. The fourth-order valence-electron chi connectivity index (χ4n) is 9.06. The molecule has 0 aromatic carbocycles. The van der Waals surface area contributed by atoms with E-state index in [9.17, 15) is 0 Å². The second-order valence-corrected chi connectivity index (χ2v) is 12.8. The zero-order valence-corrected chi connectivity index (χ0v) is 19.6. The van der Waals surface area contributed by atoms with Crippen LogP contribution in [0.5, 0.6) is 0 Å². The van der Waals surface area contributed by atoms with Gasteiger partial charge in [-0.3, -0.25) is 0 Å². The molecule has 0 aliphatic heterocycles. The van der Waals surface area contributed by atoms with Gasteiger partial charge in [0, 0.05) is 0 Å². The smallest absolute Gasteiger partial charge is 0.0737 e. The van der Waals surface area contributed by atoms with E-state index in [-0.39, 0.29) is 0 Å². The first-order chi connectivity index (χ1) is 12.7. The van der Waals surface area contributed by atoms with Crippen molar-refractivity contribution >= 4 is 6.71 Å². The lowest BCUT2D eigenvalue weighted by molar-refractivity contribution is -0.107.